The van der Waals surface area contributed by atoms with Crippen LogP contribution in [-0.4, -0.2) is 34.5 Å². The van der Waals surface area contributed by atoms with E-state index >= 15 is 0 Å². The van der Waals surface area contributed by atoms with Crippen molar-refractivity contribution in [1.82, 2.24) is 0 Å². The molecule has 1 atom stereocenters. The summed E-state index contributed by atoms with van der Waals surface area (Å²) in [5, 5.41) is 13.2. The van der Waals surface area contributed by atoms with Gasteiger partial charge in [0.25, 0.3) is 11.6 Å². The number of ether oxygens (including phenoxy) is 1. The third-order valence-corrected chi connectivity index (χ3v) is 5.54. The number of ketones is 2. The van der Waals surface area contributed by atoms with Gasteiger partial charge in [-0.25, -0.2) is 4.79 Å². The summed E-state index contributed by atoms with van der Waals surface area (Å²) in [5.41, 5.74) is 0.796. The van der Waals surface area contributed by atoms with Crippen LogP contribution in [0.4, 0.5) is 11.4 Å². The van der Waals surface area contributed by atoms with Gasteiger partial charge in [-0.2, -0.15) is 0 Å². The zero-order valence-corrected chi connectivity index (χ0v) is 18.3. The highest BCUT2D eigenvalue weighted by molar-refractivity contribution is 6.33. The average Bonchev–Trinajstić information content (AvgIpc) is 2.82. The number of carbonyl (C=O) groups is 4. The topological polar surface area (TPSA) is 133 Å². The smallest absolute Gasteiger partial charge is 0.340 e. The Balaban J connectivity index is 1.48. The van der Waals surface area contributed by atoms with E-state index < -0.39 is 22.9 Å². The molecule has 0 spiro atoms. The van der Waals surface area contributed by atoms with E-state index in [0.29, 0.717) is 5.56 Å². The van der Waals surface area contributed by atoms with Gasteiger partial charge in [0.2, 0.25) is 0 Å². The fourth-order valence-electron chi connectivity index (χ4n) is 3.48. The maximum absolute atomic E-state index is 12.8. The van der Waals surface area contributed by atoms with Crippen molar-refractivity contribution in [2.75, 3.05) is 5.32 Å². The lowest BCUT2D eigenvalue weighted by Gasteiger charge is -2.19. The number of amides is 1. The number of non-ortho nitro benzene ring substituents is 1. The molecule has 0 saturated heterocycles. The molecule has 1 aliphatic carbocycles. The Morgan fingerprint density at radius 3 is 2.18 bits per heavy atom. The third kappa shape index (κ3) is 4.16. The lowest BCUT2D eigenvalue weighted by atomic mass is 9.84. The van der Waals surface area contributed by atoms with Crippen molar-refractivity contribution in [2.24, 2.45) is 0 Å². The number of rotatable bonds is 5. The van der Waals surface area contributed by atoms with Crippen LogP contribution in [0.3, 0.4) is 0 Å². The molecule has 3 aromatic carbocycles. The zero-order valence-electron chi connectivity index (χ0n) is 17.5. The van der Waals surface area contributed by atoms with Crippen molar-refractivity contribution in [3.63, 3.8) is 0 Å². The first kappa shape index (κ1) is 22.8. The molecule has 9 nitrogen and oxygen atoms in total. The summed E-state index contributed by atoms with van der Waals surface area (Å²) in [6, 6.07) is 14.0. The van der Waals surface area contributed by atoms with Crippen LogP contribution < -0.4 is 5.32 Å². The maximum atomic E-state index is 12.8. The molecule has 0 radical (unpaired) electrons. The Morgan fingerprint density at radius 2 is 1.56 bits per heavy atom. The number of nitrogens with one attached hydrogen (secondary N) is 1. The van der Waals surface area contributed by atoms with Crippen LogP contribution in [0.15, 0.2) is 60.7 Å². The number of nitrogens with zero attached hydrogens (tertiary/aromatic N) is 1. The van der Waals surface area contributed by atoms with Crippen molar-refractivity contribution in [1.29, 1.82) is 0 Å². The molecule has 1 aliphatic rings. The van der Waals surface area contributed by atoms with Crippen molar-refractivity contribution < 1.29 is 28.8 Å². The van der Waals surface area contributed by atoms with Crippen LogP contribution in [0.1, 0.15) is 49.1 Å². The summed E-state index contributed by atoms with van der Waals surface area (Å²) in [4.78, 5) is 60.6. The van der Waals surface area contributed by atoms with E-state index in [9.17, 15) is 29.3 Å². The molecule has 1 N–H and O–H groups in total. The quantitative estimate of drug-likeness (QED) is 0.258. The standard InChI is InChI=1S/C24H15ClN2O7/c1-12(34-24(31)18-9-7-14(27(32)33)11-20(18)25)23(30)26-13-6-8-17-19(10-13)22(29)16-5-3-2-4-15(16)21(17)28/h2-12H,1H3,(H,26,30). The van der Waals surface area contributed by atoms with E-state index in [-0.39, 0.29) is 50.2 Å². The molecule has 0 heterocycles. The van der Waals surface area contributed by atoms with E-state index in [1.165, 1.54) is 25.1 Å². The number of hydrogen-bond acceptors (Lipinski definition) is 7. The highest BCUT2D eigenvalue weighted by Gasteiger charge is 2.30. The fraction of sp³-hybridized carbons (Fsp3) is 0.0833. The number of anilines is 1. The zero-order chi connectivity index (χ0) is 24.6. The Labute approximate surface area is 197 Å². The van der Waals surface area contributed by atoms with Gasteiger partial charge in [0.1, 0.15) is 0 Å². The van der Waals surface area contributed by atoms with Gasteiger partial charge in [0, 0.05) is 40.1 Å². The van der Waals surface area contributed by atoms with Crippen LogP contribution in [0.5, 0.6) is 0 Å². The number of nitro benzene ring substituents is 1. The van der Waals surface area contributed by atoms with Gasteiger partial charge in [-0.05, 0) is 31.2 Å². The van der Waals surface area contributed by atoms with E-state index in [2.05, 4.69) is 5.32 Å². The van der Waals surface area contributed by atoms with E-state index in [0.717, 1.165) is 18.2 Å². The first-order valence-electron chi connectivity index (χ1n) is 9.95. The molecule has 3 aromatic rings. The molecular weight excluding hydrogens is 464 g/mol. The second-order valence-corrected chi connectivity index (χ2v) is 7.83. The summed E-state index contributed by atoms with van der Waals surface area (Å²) in [7, 11) is 0. The predicted molar refractivity (Wildman–Crippen MR) is 121 cm³/mol. The summed E-state index contributed by atoms with van der Waals surface area (Å²) in [6.07, 6.45) is -1.26. The maximum Gasteiger partial charge on any atom is 0.340 e. The first-order valence-corrected chi connectivity index (χ1v) is 10.3. The lowest BCUT2D eigenvalue weighted by molar-refractivity contribution is -0.384. The van der Waals surface area contributed by atoms with E-state index in [1.807, 2.05) is 0 Å². The van der Waals surface area contributed by atoms with Crippen molar-refractivity contribution >= 4 is 46.4 Å². The Hall–Kier alpha value is -4.37. The molecule has 10 heteroatoms. The minimum Gasteiger partial charge on any atom is -0.449 e. The van der Waals surface area contributed by atoms with Gasteiger partial charge >= 0.3 is 5.97 Å². The Kier molecular flexibility index (Phi) is 5.95. The van der Waals surface area contributed by atoms with Gasteiger partial charge in [-0.3, -0.25) is 24.5 Å². The van der Waals surface area contributed by atoms with Gasteiger partial charge < -0.3 is 10.1 Å². The van der Waals surface area contributed by atoms with Crippen LogP contribution in [0.2, 0.25) is 5.02 Å². The predicted octanol–water partition coefficient (Wildman–Crippen LogP) is 4.21. The molecule has 34 heavy (non-hydrogen) atoms. The van der Waals surface area contributed by atoms with Gasteiger partial charge in [-0.15, -0.1) is 0 Å². The number of carbonyl (C=O) groups excluding carboxylic acids is 4. The summed E-state index contributed by atoms with van der Waals surface area (Å²) in [6.45, 7) is 1.33. The minimum absolute atomic E-state index is 0.136. The molecule has 1 unspecified atom stereocenters. The molecule has 0 saturated carbocycles. The minimum atomic E-state index is -1.26. The number of halogens is 1. The number of nitro groups is 1. The van der Waals surface area contributed by atoms with Crippen LogP contribution in [-0.2, 0) is 9.53 Å². The number of fused-ring (bicyclic) bond motifs is 2. The highest BCUT2D eigenvalue weighted by Crippen LogP contribution is 2.29. The van der Waals surface area contributed by atoms with E-state index in [4.69, 9.17) is 16.3 Å². The molecule has 0 aliphatic heterocycles. The lowest BCUT2D eigenvalue weighted by Crippen LogP contribution is -2.30. The van der Waals surface area contributed by atoms with Gasteiger partial charge in [0.05, 0.1) is 15.5 Å². The number of benzene rings is 3. The number of hydrogen-bond donors (Lipinski definition) is 1. The molecule has 0 aromatic heterocycles. The number of esters is 1. The molecule has 170 valence electrons. The molecular formula is C24H15ClN2O7. The molecule has 1 amide bonds. The Morgan fingerprint density at radius 1 is 0.941 bits per heavy atom. The normalized spacial score (nSPS) is 12.9. The summed E-state index contributed by atoms with van der Waals surface area (Å²) >= 11 is 5.92. The van der Waals surface area contributed by atoms with Gasteiger partial charge in [-0.1, -0.05) is 35.9 Å². The monoisotopic (exact) mass is 478 g/mol. The van der Waals surface area contributed by atoms with Crippen molar-refractivity contribution in [3.8, 4) is 0 Å². The summed E-state index contributed by atoms with van der Waals surface area (Å²) < 4.78 is 5.12. The molecule has 0 fully saturated rings. The highest BCUT2D eigenvalue weighted by atomic mass is 35.5. The van der Waals surface area contributed by atoms with Crippen LogP contribution in [0, 0.1) is 10.1 Å². The van der Waals surface area contributed by atoms with E-state index in [1.54, 1.807) is 24.3 Å². The average molecular weight is 479 g/mol. The fourth-order valence-corrected chi connectivity index (χ4v) is 3.73. The van der Waals surface area contributed by atoms with Crippen LogP contribution >= 0.6 is 11.6 Å². The largest absolute Gasteiger partial charge is 0.449 e. The third-order valence-electron chi connectivity index (χ3n) is 5.23. The Bertz CT molecular complexity index is 1400. The van der Waals surface area contributed by atoms with Crippen molar-refractivity contribution in [2.45, 2.75) is 13.0 Å². The molecule has 4 rings (SSSR count). The second kappa shape index (κ2) is 8.87. The SMILES string of the molecule is CC(OC(=O)c1ccc([N+](=O)[O-])cc1Cl)C(=O)Nc1ccc2c(c1)C(=O)c1ccccc1C2=O. The van der Waals surface area contributed by atoms with Gasteiger partial charge in [0.15, 0.2) is 17.7 Å². The first-order chi connectivity index (χ1) is 16.2. The molecule has 0 bridgehead atoms. The van der Waals surface area contributed by atoms with Crippen LogP contribution in [0.25, 0.3) is 0 Å². The second-order valence-electron chi connectivity index (χ2n) is 7.42. The summed E-state index contributed by atoms with van der Waals surface area (Å²) in [5.74, 6) is -2.26. The van der Waals surface area contributed by atoms with Crippen molar-refractivity contribution in [3.05, 3.63) is 104 Å².